The zero-order valence-corrected chi connectivity index (χ0v) is 18.8. The van der Waals surface area contributed by atoms with E-state index in [1.54, 1.807) is 10.9 Å². The molecule has 1 aliphatic heterocycles. The summed E-state index contributed by atoms with van der Waals surface area (Å²) in [5.74, 6) is -0.496. The van der Waals surface area contributed by atoms with Crippen molar-refractivity contribution in [1.82, 2.24) is 23.8 Å². The SMILES string of the molecule is CN1[C@H](C(=O)Nc2ccc(F)c(Cl)c2)C[C@H](c2cc(-c3nncn3C)cs2)NS1(=O)=O. The largest absolute Gasteiger partial charge is 0.325 e. The molecule has 31 heavy (non-hydrogen) atoms. The van der Waals surface area contributed by atoms with Crippen LogP contribution >= 0.6 is 22.9 Å². The van der Waals surface area contributed by atoms with Crippen LogP contribution in [0.5, 0.6) is 0 Å². The number of hydrogen-bond acceptors (Lipinski definition) is 6. The first kappa shape index (κ1) is 21.8. The van der Waals surface area contributed by atoms with Gasteiger partial charge in [-0.3, -0.25) is 4.79 Å². The number of hydrogen-bond donors (Lipinski definition) is 2. The molecule has 13 heteroatoms. The molecule has 3 heterocycles. The molecule has 1 aliphatic rings. The number of carbonyl (C=O) groups excluding carboxylic acids is 1. The number of aromatic nitrogens is 3. The first-order valence-electron chi connectivity index (χ1n) is 9.09. The summed E-state index contributed by atoms with van der Waals surface area (Å²) in [6.07, 6.45) is 1.78. The summed E-state index contributed by atoms with van der Waals surface area (Å²) in [6.45, 7) is 0. The summed E-state index contributed by atoms with van der Waals surface area (Å²) >= 11 is 7.13. The van der Waals surface area contributed by atoms with Gasteiger partial charge < -0.3 is 9.88 Å². The Balaban J connectivity index is 1.58. The molecule has 0 unspecified atom stereocenters. The van der Waals surface area contributed by atoms with Crippen molar-refractivity contribution in [3.8, 4) is 11.4 Å². The normalized spacial score (nSPS) is 21.2. The Morgan fingerprint density at radius 2 is 2.13 bits per heavy atom. The molecule has 3 aromatic rings. The van der Waals surface area contributed by atoms with Gasteiger partial charge in [0.05, 0.1) is 11.1 Å². The lowest BCUT2D eigenvalue weighted by molar-refractivity contribution is -0.120. The third-order valence-electron chi connectivity index (χ3n) is 4.99. The second-order valence-corrected chi connectivity index (χ2v) is 10.2. The van der Waals surface area contributed by atoms with E-state index in [0.29, 0.717) is 5.82 Å². The molecular formula is C18H18ClFN6O3S2. The van der Waals surface area contributed by atoms with Crippen molar-refractivity contribution in [3.05, 3.63) is 51.7 Å². The number of benzene rings is 1. The average Bonchev–Trinajstić information content (AvgIpc) is 3.35. The minimum Gasteiger partial charge on any atom is -0.325 e. The lowest BCUT2D eigenvalue weighted by atomic mass is 10.0. The van der Waals surface area contributed by atoms with E-state index in [-0.39, 0.29) is 17.1 Å². The van der Waals surface area contributed by atoms with E-state index < -0.39 is 34.0 Å². The van der Waals surface area contributed by atoms with Crippen LogP contribution in [0, 0.1) is 5.82 Å². The van der Waals surface area contributed by atoms with Gasteiger partial charge in [0.2, 0.25) is 5.91 Å². The number of carbonyl (C=O) groups is 1. The molecule has 2 atom stereocenters. The fourth-order valence-corrected chi connectivity index (χ4v) is 5.77. The van der Waals surface area contributed by atoms with Gasteiger partial charge in [0, 0.05) is 35.6 Å². The smallest absolute Gasteiger partial charge is 0.280 e. The molecule has 9 nitrogen and oxygen atoms in total. The Morgan fingerprint density at radius 3 is 2.81 bits per heavy atom. The van der Waals surface area contributed by atoms with Crippen LogP contribution in [-0.2, 0) is 22.1 Å². The summed E-state index contributed by atoms with van der Waals surface area (Å²) < 4.78 is 44.1. The molecule has 4 rings (SSSR count). The molecular weight excluding hydrogens is 467 g/mol. The van der Waals surface area contributed by atoms with Crippen molar-refractivity contribution in [2.75, 3.05) is 12.4 Å². The topological polar surface area (TPSA) is 109 Å². The van der Waals surface area contributed by atoms with Gasteiger partial charge in [-0.2, -0.15) is 17.4 Å². The molecule has 0 aliphatic carbocycles. The number of anilines is 1. The number of nitrogens with one attached hydrogen (secondary N) is 2. The number of nitrogens with zero attached hydrogens (tertiary/aromatic N) is 4. The van der Waals surface area contributed by atoms with Crippen molar-refractivity contribution < 1.29 is 17.6 Å². The fourth-order valence-electron chi connectivity index (χ4n) is 3.29. The number of rotatable bonds is 4. The van der Waals surface area contributed by atoms with Gasteiger partial charge in [0.15, 0.2) is 5.82 Å². The summed E-state index contributed by atoms with van der Waals surface area (Å²) in [6, 6.07) is 4.03. The highest BCUT2D eigenvalue weighted by Crippen LogP contribution is 2.34. The molecule has 1 saturated heterocycles. The second kappa shape index (κ2) is 8.28. The maximum atomic E-state index is 13.4. The van der Waals surface area contributed by atoms with Crippen molar-refractivity contribution in [2.24, 2.45) is 7.05 Å². The Morgan fingerprint density at radius 1 is 1.35 bits per heavy atom. The van der Waals surface area contributed by atoms with E-state index in [1.165, 1.54) is 30.5 Å². The summed E-state index contributed by atoms with van der Waals surface area (Å²) in [7, 11) is -0.757. The maximum absolute atomic E-state index is 13.4. The van der Waals surface area contributed by atoms with Gasteiger partial charge in [0.1, 0.15) is 18.2 Å². The molecule has 1 fully saturated rings. The monoisotopic (exact) mass is 484 g/mol. The van der Waals surface area contributed by atoms with Crippen molar-refractivity contribution >= 4 is 44.7 Å². The quantitative estimate of drug-likeness (QED) is 0.591. The van der Waals surface area contributed by atoms with Crippen LogP contribution in [-0.4, -0.2) is 46.5 Å². The summed E-state index contributed by atoms with van der Waals surface area (Å²) in [5, 5.41) is 12.2. The fraction of sp³-hybridized carbons (Fsp3) is 0.278. The minimum atomic E-state index is -3.90. The number of likely N-dealkylation sites (N-methyl/N-ethyl adjacent to an activating group) is 1. The van der Waals surface area contributed by atoms with E-state index in [0.717, 1.165) is 20.8 Å². The van der Waals surface area contributed by atoms with Crippen LogP contribution in [0.4, 0.5) is 10.1 Å². The number of thiophene rings is 1. The van der Waals surface area contributed by atoms with E-state index in [1.807, 2.05) is 18.5 Å². The van der Waals surface area contributed by atoms with Crippen LogP contribution in [0.1, 0.15) is 17.3 Å². The van der Waals surface area contributed by atoms with E-state index >= 15 is 0 Å². The van der Waals surface area contributed by atoms with Crippen LogP contribution in [0.25, 0.3) is 11.4 Å². The van der Waals surface area contributed by atoms with Crippen LogP contribution in [0.3, 0.4) is 0 Å². The average molecular weight is 485 g/mol. The number of aryl methyl sites for hydroxylation is 1. The molecule has 164 valence electrons. The third-order valence-corrected chi connectivity index (χ3v) is 7.92. The number of halogens is 2. The van der Waals surface area contributed by atoms with Crippen LogP contribution < -0.4 is 10.0 Å². The highest BCUT2D eigenvalue weighted by atomic mass is 35.5. The second-order valence-electron chi connectivity index (χ2n) is 7.06. The van der Waals surface area contributed by atoms with E-state index in [4.69, 9.17) is 11.6 Å². The lowest BCUT2D eigenvalue weighted by Crippen LogP contribution is -2.55. The van der Waals surface area contributed by atoms with Gasteiger partial charge in [-0.15, -0.1) is 21.5 Å². The van der Waals surface area contributed by atoms with E-state index in [9.17, 15) is 17.6 Å². The zero-order valence-electron chi connectivity index (χ0n) is 16.4. The summed E-state index contributed by atoms with van der Waals surface area (Å²) in [5.41, 5.74) is 1.08. The van der Waals surface area contributed by atoms with Gasteiger partial charge in [-0.05, 0) is 30.7 Å². The molecule has 0 radical (unpaired) electrons. The Kier molecular flexibility index (Phi) is 5.83. The first-order valence-corrected chi connectivity index (χ1v) is 11.8. The molecule has 1 aromatic carbocycles. The summed E-state index contributed by atoms with van der Waals surface area (Å²) in [4.78, 5) is 13.6. The Labute approximate surface area is 187 Å². The van der Waals surface area contributed by atoms with E-state index in [2.05, 4.69) is 20.2 Å². The highest BCUT2D eigenvalue weighted by Gasteiger charge is 2.41. The first-order chi connectivity index (χ1) is 14.7. The molecule has 0 spiro atoms. The Bertz CT molecular complexity index is 1240. The minimum absolute atomic E-state index is 0.142. The van der Waals surface area contributed by atoms with Crippen LogP contribution in [0.2, 0.25) is 5.02 Å². The van der Waals surface area contributed by atoms with Crippen molar-refractivity contribution in [3.63, 3.8) is 0 Å². The zero-order chi connectivity index (χ0) is 22.3. The maximum Gasteiger partial charge on any atom is 0.280 e. The molecule has 2 N–H and O–H groups in total. The van der Waals surface area contributed by atoms with Gasteiger partial charge in [-0.25, -0.2) is 4.39 Å². The van der Waals surface area contributed by atoms with Gasteiger partial charge in [-0.1, -0.05) is 11.6 Å². The predicted molar refractivity (Wildman–Crippen MR) is 115 cm³/mol. The van der Waals surface area contributed by atoms with Crippen LogP contribution in [0.15, 0.2) is 36.0 Å². The van der Waals surface area contributed by atoms with Gasteiger partial charge in [0.25, 0.3) is 10.2 Å². The van der Waals surface area contributed by atoms with Crippen molar-refractivity contribution in [1.29, 1.82) is 0 Å². The van der Waals surface area contributed by atoms with Gasteiger partial charge >= 0.3 is 0 Å². The third kappa shape index (κ3) is 4.34. The Hall–Kier alpha value is -2.38. The predicted octanol–water partition coefficient (Wildman–Crippen LogP) is 2.55. The molecule has 2 aromatic heterocycles. The molecule has 1 amide bonds. The van der Waals surface area contributed by atoms with Crippen molar-refractivity contribution in [2.45, 2.75) is 18.5 Å². The number of amides is 1. The lowest BCUT2D eigenvalue weighted by Gasteiger charge is -2.35. The standard InChI is InChI=1S/C18H18ClFN6O3S2/c1-25-9-21-23-17(25)10-5-16(30-8-10)14-7-15(26(2)31(28,29)24-14)18(27)22-11-3-4-13(20)12(19)6-11/h3-6,8-9,14-15,24H,7H2,1-2H3,(H,22,27)/t14-,15+/m1/s1. The molecule has 0 saturated carbocycles. The molecule has 0 bridgehead atoms. The highest BCUT2D eigenvalue weighted by molar-refractivity contribution is 7.87.